The Labute approximate surface area is 160 Å². The van der Waals surface area contributed by atoms with Crippen LogP contribution in [-0.4, -0.2) is 57.9 Å². The molecule has 2 N–H and O–H groups in total. The summed E-state index contributed by atoms with van der Waals surface area (Å²) < 4.78 is 10.4. The number of rotatable bonds is 7. The highest BCUT2D eigenvalue weighted by Gasteiger charge is 2.21. The summed E-state index contributed by atoms with van der Waals surface area (Å²) in [5.41, 5.74) is 2.11. The molecule has 0 bridgehead atoms. The molecule has 0 radical (unpaired) electrons. The second-order valence-corrected chi connectivity index (χ2v) is 7.11. The van der Waals surface area contributed by atoms with E-state index in [4.69, 9.17) is 9.47 Å². The van der Waals surface area contributed by atoms with Gasteiger partial charge in [0.05, 0.1) is 11.7 Å². The van der Waals surface area contributed by atoms with Crippen LogP contribution in [0, 0.1) is 0 Å². The van der Waals surface area contributed by atoms with Crippen molar-refractivity contribution in [3.8, 4) is 0 Å². The zero-order chi connectivity index (χ0) is 19.1. The van der Waals surface area contributed by atoms with Gasteiger partial charge in [0.25, 0.3) is 5.91 Å². The van der Waals surface area contributed by atoms with Crippen LogP contribution in [0.15, 0.2) is 18.2 Å². The Bertz CT molecular complexity index is 653. The summed E-state index contributed by atoms with van der Waals surface area (Å²) >= 11 is 0. The summed E-state index contributed by atoms with van der Waals surface area (Å²) in [6, 6.07) is 5.52. The minimum Gasteiger partial charge on any atom is -0.376 e. The van der Waals surface area contributed by atoms with Crippen LogP contribution in [0.25, 0.3) is 0 Å². The van der Waals surface area contributed by atoms with Crippen LogP contribution in [0.3, 0.4) is 0 Å². The van der Waals surface area contributed by atoms with Crippen molar-refractivity contribution < 1.29 is 19.1 Å². The fourth-order valence-electron chi connectivity index (χ4n) is 3.64. The van der Waals surface area contributed by atoms with Crippen molar-refractivity contribution in [2.45, 2.75) is 38.2 Å². The molecule has 0 unspecified atom stereocenters. The Morgan fingerprint density at radius 1 is 1.22 bits per heavy atom. The van der Waals surface area contributed by atoms with Crippen LogP contribution >= 0.6 is 0 Å². The maximum atomic E-state index is 12.9. The molecule has 7 nitrogen and oxygen atoms in total. The lowest BCUT2D eigenvalue weighted by molar-refractivity contribution is -0.119. The van der Waals surface area contributed by atoms with E-state index in [-0.39, 0.29) is 24.5 Å². The van der Waals surface area contributed by atoms with E-state index in [0.29, 0.717) is 17.8 Å². The zero-order valence-electron chi connectivity index (χ0n) is 16.0. The minimum atomic E-state index is -0.242. The fraction of sp³-hybridized carbons (Fsp3) is 0.600. The van der Waals surface area contributed by atoms with Gasteiger partial charge in [0, 0.05) is 44.7 Å². The first-order valence-electron chi connectivity index (χ1n) is 9.75. The number of benzene rings is 1. The third-order valence-electron chi connectivity index (χ3n) is 5.01. The predicted molar refractivity (Wildman–Crippen MR) is 104 cm³/mol. The van der Waals surface area contributed by atoms with Crippen molar-refractivity contribution in [3.63, 3.8) is 0 Å². The molecular formula is C20H29N3O4. The fourth-order valence-corrected chi connectivity index (χ4v) is 3.64. The van der Waals surface area contributed by atoms with Crippen molar-refractivity contribution in [1.82, 2.24) is 5.32 Å². The quantitative estimate of drug-likeness (QED) is 0.764. The molecule has 2 saturated heterocycles. The molecule has 3 rings (SSSR count). The first-order chi connectivity index (χ1) is 13.2. The largest absolute Gasteiger partial charge is 0.376 e. The van der Waals surface area contributed by atoms with Gasteiger partial charge in [0.1, 0.15) is 6.61 Å². The number of carbonyl (C=O) groups is 2. The lowest BCUT2D eigenvalue weighted by atomic mass is 10.1. The van der Waals surface area contributed by atoms with E-state index in [1.165, 1.54) is 13.5 Å². The molecule has 1 atom stereocenters. The van der Waals surface area contributed by atoms with Gasteiger partial charge in [-0.25, -0.2) is 0 Å². The van der Waals surface area contributed by atoms with Gasteiger partial charge in [-0.15, -0.1) is 0 Å². The lowest BCUT2D eigenvalue weighted by Crippen LogP contribution is -2.35. The van der Waals surface area contributed by atoms with Crippen LogP contribution in [0.4, 0.5) is 11.4 Å². The van der Waals surface area contributed by atoms with Crippen molar-refractivity contribution in [1.29, 1.82) is 0 Å². The molecule has 2 amide bonds. The number of piperidine rings is 1. The highest BCUT2D eigenvalue weighted by atomic mass is 16.5. The number of nitrogens with zero attached hydrogens (tertiary/aromatic N) is 1. The van der Waals surface area contributed by atoms with Gasteiger partial charge in [-0.05, 0) is 50.3 Å². The Hall–Kier alpha value is -2.12. The summed E-state index contributed by atoms with van der Waals surface area (Å²) in [5, 5.41) is 5.78. The van der Waals surface area contributed by atoms with E-state index >= 15 is 0 Å². The monoisotopic (exact) mass is 375 g/mol. The number of methoxy groups -OCH3 is 1. The van der Waals surface area contributed by atoms with Crippen LogP contribution in [0.5, 0.6) is 0 Å². The zero-order valence-corrected chi connectivity index (χ0v) is 16.0. The highest BCUT2D eigenvalue weighted by Crippen LogP contribution is 2.27. The first-order valence-corrected chi connectivity index (χ1v) is 9.75. The number of amides is 2. The van der Waals surface area contributed by atoms with Crippen molar-refractivity contribution in [3.05, 3.63) is 23.8 Å². The Balaban J connectivity index is 1.76. The lowest BCUT2D eigenvalue weighted by Gasteiger charge is -2.30. The summed E-state index contributed by atoms with van der Waals surface area (Å²) in [6.45, 7) is 3.15. The third-order valence-corrected chi connectivity index (χ3v) is 5.01. The van der Waals surface area contributed by atoms with Crippen molar-refractivity contribution in [2.24, 2.45) is 0 Å². The van der Waals surface area contributed by atoms with E-state index in [1.807, 2.05) is 12.1 Å². The molecular weight excluding hydrogens is 346 g/mol. The van der Waals surface area contributed by atoms with Crippen LogP contribution in [0.2, 0.25) is 0 Å². The molecule has 148 valence electrons. The average Bonchev–Trinajstić information content (AvgIpc) is 3.20. The second kappa shape index (κ2) is 9.71. The standard InChI is InChI=1S/C20H29N3O4/c1-26-14-19(24)22-15-7-8-18(23-9-3-2-4-10-23)17(12-15)20(25)21-13-16-6-5-11-27-16/h7-8,12,16H,2-6,9-11,13-14H2,1H3,(H,21,25)(H,22,24)/t16-/m0/s1. The van der Waals surface area contributed by atoms with E-state index in [0.717, 1.165) is 51.1 Å². The van der Waals surface area contributed by atoms with Crippen molar-refractivity contribution in [2.75, 3.05) is 50.2 Å². The molecule has 27 heavy (non-hydrogen) atoms. The number of anilines is 2. The Morgan fingerprint density at radius 2 is 2.04 bits per heavy atom. The smallest absolute Gasteiger partial charge is 0.253 e. The molecule has 0 aromatic heterocycles. The van der Waals surface area contributed by atoms with Crippen LogP contribution in [-0.2, 0) is 14.3 Å². The van der Waals surface area contributed by atoms with E-state index < -0.39 is 0 Å². The number of nitrogens with one attached hydrogen (secondary N) is 2. The molecule has 0 saturated carbocycles. The van der Waals surface area contributed by atoms with E-state index in [9.17, 15) is 9.59 Å². The molecule has 1 aromatic rings. The van der Waals surface area contributed by atoms with Gasteiger partial charge in [-0.1, -0.05) is 0 Å². The van der Waals surface area contributed by atoms with Gasteiger partial charge in [-0.3, -0.25) is 9.59 Å². The number of hydrogen-bond acceptors (Lipinski definition) is 5. The Kier molecular flexibility index (Phi) is 7.06. The number of ether oxygens (including phenoxy) is 2. The van der Waals surface area contributed by atoms with Crippen LogP contribution < -0.4 is 15.5 Å². The number of carbonyl (C=O) groups excluding carboxylic acids is 2. The first kappa shape index (κ1) is 19.6. The maximum absolute atomic E-state index is 12.9. The SMILES string of the molecule is COCC(=O)Nc1ccc(N2CCCCC2)c(C(=O)NC[C@@H]2CCCO2)c1. The summed E-state index contributed by atoms with van der Waals surface area (Å²) in [6.07, 6.45) is 5.60. The van der Waals surface area contributed by atoms with Crippen LogP contribution in [0.1, 0.15) is 42.5 Å². The third kappa shape index (κ3) is 5.43. The van der Waals surface area contributed by atoms with Gasteiger partial charge in [-0.2, -0.15) is 0 Å². The summed E-state index contributed by atoms with van der Waals surface area (Å²) in [4.78, 5) is 27.0. The average molecular weight is 375 g/mol. The Morgan fingerprint density at radius 3 is 2.74 bits per heavy atom. The van der Waals surface area contributed by atoms with E-state index in [1.54, 1.807) is 6.07 Å². The number of hydrogen-bond donors (Lipinski definition) is 2. The van der Waals surface area contributed by atoms with Gasteiger partial charge in [0.2, 0.25) is 5.91 Å². The predicted octanol–water partition coefficient (Wildman–Crippen LogP) is 2.17. The minimum absolute atomic E-state index is 0.0194. The normalized spacial score (nSPS) is 19.7. The molecule has 1 aromatic carbocycles. The summed E-state index contributed by atoms with van der Waals surface area (Å²) in [5.74, 6) is -0.372. The van der Waals surface area contributed by atoms with E-state index in [2.05, 4.69) is 15.5 Å². The van der Waals surface area contributed by atoms with Crippen molar-refractivity contribution >= 4 is 23.2 Å². The van der Waals surface area contributed by atoms with Gasteiger partial charge < -0.3 is 25.0 Å². The molecule has 0 spiro atoms. The van der Waals surface area contributed by atoms with Gasteiger partial charge in [0.15, 0.2) is 0 Å². The maximum Gasteiger partial charge on any atom is 0.253 e. The molecule has 2 aliphatic rings. The molecule has 2 fully saturated rings. The van der Waals surface area contributed by atoms with Gasteiger partial charge >= 0.3 is 0 Å². The molecule has 0 aliphatic carbocycles. The summed E-state index contributed by atoms with van der Waals surface area (Å²) in [7, 11) is 1.48. The molecule has 2 heterocycles. The topological polar surface area (TPSA) is 79.9 Å². The second-order valence-electron chi connectivity index (χ2n) is 7.11. The molecule has 2 aliphatic heterocycles. The highest BCUT2D eigenvalue weighted by molar-refractivity contribution is 6.02. The molecule has 7 heteroatoms.